The lowest BCUT2D eigenvalue weighted by atomic mass is 9.88. The first kappa shape index (κ1) is 49.6. The Kier molecular flexibility index (Phi) is 17.2. The van der Waals surface area contributed by atoms with E-state index in [1.165, 1.54) is 61.1 Å². The van der Waals surface area contributed by atoms with E-state index in [-0.39, 0.29) is 31.2 Å². The Labute approximate surface area is 369 Å². The highest BCUT2D eigenvalue weighted by Gasteiger charge is 2.43. The number of ether oxygens (including phenoxy) is 1. The molecule has 0 radical (unpaired) electrons. The Morgan fingerprint density at radius 3 is 2.13 bits per heavy atom. The molecule has 18 heteroatoms. The topological polar surface area (TPSA) is 228 Å². The first-order chi connectivity index (χ1) is 29.7. The molecule has 2 saturated heterocycles. The van der Waals surface area contributed by atoms with Gasteiger partial charge in [-0.3, -0.25) is 33.6 Å². The lowest BCUT2D eigenvalue weighted by molar-refractivity contribution is -0.161. The van der Waals surface area contributed by atoms with Crippen LogP contribution in [0.3, 0.4) is 0 Å². The third-order valence-electron chi connectivity index (χ3n) is 12.0. The molecule has 1 aromatic carbocycles. The number of hydrogen-bond donors (Lipinski definition) is 4. The van der Waals surface area contributed by atoms with Gasteiger partial charge in [-0.2, -0.15) is 0 Å². The Bertz CT molecular complexity index is 2000. The summed E-state index contributed by atoms with van der Waals surface area (Å²) in [5.74, 6) is -6.94. The summed E-state index contributed by atoms with van der Waals surface area (Å²) in [6, 6.07) is 3.37. The predicted molar refractivity (Wildman–Crippen MR) is 231 cm³/mol. The van der Waals surface area contributed by atoms with Crippen molar-refractivity contribution >= 4 is 47.3 Å². The molecule has 0 spiro atoms. The maximum atomic E-state index is 14.5. The van der Waals surface area contributed by atoms with E-state index in [9.17, 15) is 43.5 Å². The number of nitrogens with one attached hydrogen (secondary N) is 3. The van der Waals surface area contributed by atoms with E-state index < -0.39 is 114 Å². The van der Waals surface area contributed by atoms with E-state index in [4.69, 9.17) is 4.74 Å². The van der Waals surface area contributed by atoms with Gasteiger partial charge in [-0.05, 0) is 68.1 Å². The summed E-state index contributed by atoms with van der Waals surface area (Å²) >= 11 is 0. The molecule has 2 fully saturated rings. The van der Waals surface area contributed by atoms with Crippen LogP contribution in [0.1, 0.15) is 96.2 Å². The summed E-state index contributed by atoms with van der Waals surface area (Å²) in [6.07, 6.45) is 0.782. The van der Waals surface area contributed by atoms with Crippen molar-refractivity contribution in [2.45, 2.75) is 117 Å². The van der Waals surface area contributed by atoms with Crippen molar-refractivity contribution in [3.05, 3.63) is 59.9 Å². The van der Waals surface area contributed by atoms with Crippen molar-refractivity contribution in [1.29, 1.82) is 0 Å². The molecule has 1 aromatic heterocycles. The number of aromatic hydroxyl groups is 1. The van der Waals surface area contributed by atoms with Gasteiger partial charge in [-0.25, -0.2) is 9.78 Å². The Hall–Kier alpha value is -6.07. The van der Waals surface area contributed by atoms with Crippen LogP contribution in [0.15, 0.2) is 48.7 Å². The number of hydrogen-bond acceptors (Lipinski definition) is 11. The smallest absolute Gasteiger partial charge is 0.333 e. The van der Waals surface area contributed by atoms with Gasteiger partial charge in [0, 0.05) is 33.9 Å². The fourth-order valence-electron chi connectivity index (χ4n) is 7.99. The highest BCUT2D eigenvalue weighted by Crippen LogP contribution is 2.27. The van der Waals surface area contributed by atoms with Crippen LogP contribution >= 0.6 is 0 Å². The number of nitrogens with zero attached hydrogens (tertiary/aromatic N) is 5. The SMILES string of the molecule is CCC1NC(=O)C(C(C)C(C)C)N(C)C(=O)CN(C)C(=O)C2CCCN2C(=O)C(CC(C)C)NC(=O)C(NC(=O)c2ncccc2O)C(C)OC(=O)C(c2ccccc2)N(C)C1=O. The van der Waals surface area contributed by atoms with E-state index in [2.05, 4.69) is 20.9 Å². The molecule has 2 aromatic rings. The zero-order chi connectivity index (χ0) is 46.9. The minimum absolute atomic E-state index is 0.0906. The molecule has 4 rings (SSSR count). The van der Waals surface area contributed by atoms with Crippen LogP contribution in [0, 0.1) is 17.8 Å². The maximum absolute atomic E-state index is 14.5. The van der Waals surface area contributed by atoms with Crippen LogP contribution in [0.4, 0.5) is 0 Å². The van der Waals surface area contributed by atoms with Crippen molar-refractivity contribution < 1.29 is 48.2 Å². The minimum atomic E-state index is -1.69. The third kappa shape index (κ3) is 11.9. The summed E-state index contributed by atoms with van der Waals surface area (Å²) < 4.78 is 5.96. The predicted octanol–water partition coefficient (Wildman–Crippen LogP) is 2.02. The quantitative estimate of drug-likeness (QED) is 0.281. The molecule has 2 aliphatic rings. The number of cyclic esters (lactones) is 1. The maximum Gasteiger partial charge on any atom is 0.333 e. The highest BCUT2D eigenvalue weighted by molar-refractivity contribution is 6.00. The minimum Gasteiger partial charge on any atom is -0.505 e. The molecule has 0 saturated carbocycles. The van der Waals surface area contributed by atoms with Crippen LogP contribution in [0.2, 0.25) is 0 Å². The molecule has 8 unspecified atom stereocenters. The molecule has 7 amide bonds. The van der Waals surface area contributed by atoms with Gasteiger partial charge >= 0.3 is 5.97 Å². The summed E-state index contributed by atoms with van der Waals surface area (Å²) in [6.45, 7) is 12.1. The first-order valence-electron chi connectivity index (χ1n) is 21.6. The van der Waals surface area contributed by atoms with Crippen LogP contribution in [-0.2, 0) is 38.3 Å². The number of pyridine rings is 1. The Morgan fingerprint density at radius 2 is 1.52 bits per heavy atom. The van der Waals surface area contributed by atoms with E-state index in [0.29, 0.717) is 18.4 Å². The first-order valence-corrected chi connectivity index (χ1v) is 21.6. The van der Waals surface area contributed by atoms with Crippen molar-refractivity contribution in [2.24, 2.45) is 17.8 Å². The molecular weight excluding hydrogens is 813 g/mol. The Morgan fingerprint density at radius 1 is 0.873 bits per heavy atom. The molecule has 18 nitrogen and oxygen atoms in total. The Balaban J connectivity index is 1.86. The molecule has 2 aliphatic heterocycles. The van der Waals surface area contributed by atoms with Crippen molar-refractivity contribution in [3.8, 4) is 5.75 Å². The van der Waals surface area contributed by atoms with Gasteiger partial charge in [0.2, 0.25) is 35.4 Å². The molecule has 344 valence electrons. The lowest BCUT2D eigenvalue weighted by Gasteiger charge is -2.37. The number of carbonyl (C=O) groups excluding carboxylic acids is 8. The molecule has 0 bridgehead atoms. The second-order valence-corrected chi connectivity index (χ2v) is 17.3. The average Bonchev–Trinajstić information content (AvgIpc) is 3.73. The zero-order valence-electron chi connectivity index (χ0n) is 38.0. The number of amides is 7. The van der Waals surface area contributed by atoms with Gasteiger partial charge < -0.3 is 45.4 Å². The number of likely N-dealkylation sites (N-methyl/N-ethyl adjacent to an activating group) is 3. The fourth-order valence-corrected chi connectivity index (χ4v) is 7.99. The van der Waals surface area contributed by atoms with Gasteiger partial charge in [0.1, 0.15) is 42.1 Å². The number of carbonyl (C=O) groups is 8. The molecule has 8 atom stereocenters. The molecule has 0 aliphatic carbocycles. The van der Waals surface area contributed by atoms with Gasteiger partial charge in [-0.1, -0.05) is 71.9 Å². The zero-order valence-corrected chi connectivity index (χ0v) is 38.0. The van der Waals surface area contributed by atoms with E-state index >= 15 is 0 Å². The second kappa shape index (κ2) is 21.8. The summed E-state index contributed by atoms with van der Waals surface area (Å²) in [4.78, 5) is 123. The number of aromatic nitrogens is 1. The van der Waals surface area contributed by atoms with Crippen LogP contribution in [0.5, 0.6) is 5.75 Å². The number of benzene rings is 1. The fraction of sp³-hybridized carbons (Fsp3) is 0.578. The summed E-state index contributed by atoms with van der Waals surface area (Å²) in [7, 11) is 4.29. The average molecular weight is 877 g/mol. The largest absolute Gasteiger partial charge is 0.505 e. The monoisotopic (exact) mass is 876 g/mol. The third-order valence-corrected chi connectivity index (χ3v) is 12.0. The van der Waals surface area contributed by atoms with E-state index in [1.54, 1.807) is 37.3 Å². The standard InChI is InChI=1S/C45H64N8O10/c1-11-30-42(59)52(10)38(29-17-13-12-14-18-29)45(62)63-28(7)35(49-40(57)36-33(54)20-15-21-46-36)39(56)48-31(23-25(2)3)43(60)53-22-16-19-32(53)44(61)50(8)24-34(55)51(9)37(41(58)47-30)27(6)26(4)5/h12-15,17-18,20-21,25-28,30-32,35,37-38,54H,11,16,19,22-24H2,1-10H3,(H,47,58)(H,48,56)(H,49,57). The molecular formula is C45H64N8O10. The molecule has 3 heterocycles. The second-order valence-electron chi connectivity index (χ2n) is 17.3. The van der Waals surface area contributed by atoms with Crippen LogP contribution in [-0.4, -0.2) is 148 Å². The number of rotatable bonds is 8. The van der Waals surface area contributed by atoms with Gasteiger partial charge in [0.25, 0.3) is 5.91 Å². The van der Waals surface area contributed by atoms with Gasteiger partial charge in [-0.15, -0.1) is 0 Å². The van der Waals surface area contributed by atoms with Crippen molar-refractivity contribution in [1.82, 2.24) is 40.5 Å². The van der Waals surface area contributed by atoms with Crippen molar-refractivity contribution in [3.63, 3.8) is 0 Å². The van der Waals surface area contributed by atoms with Gasteiger partial charge in [0.05, 0.1) is 6.54 Å². The van der Waals surface area contributed by atoms with E-state index in [1.807, 2.05) is 34.6 Å². The van der Waals surface area contributed by atoms with Crippen LogP contribution < -0.4 is 16.0 Å². The molecule has 63 heavy (non-hydrogen) atoms. The highest BCUT2D eigenvalue weighted by atomic mass is 16.5. The number of esters is 1. The number of fused-ring (bicyclic) bond motifs is 1. The normalized spacial score (nSPS) is 25.8. The van der Waals surface area contributed by atoms with E-state index in [0.717, 1.165) is 4.90 Å². The summed E-state index contributed by atoms with van der Waals surface area (Å²) in [5.41, 5.74) is -0.0862. The van der Waals surface area contributed by atoms with Crippen molar-refractivity contribution in [2.75, 3.05) is 34.2 Å². The van der Waals surface area contributed by atoms with Gasteiger partial charge in [0.15, 0.2) is 11.7 Å². The van der Waals surface area contributed by atoms with Crippen LogP contribution in [0.25, 0.3) is 0 Å². The molecule has 4 N–H and O–H groups in total. The lowest BCUT2D eigenvalue weighted by Crippen LogP contribution is -2.60. The summed E-state index contributed by atoms with van der Waals surface area (Å²) in [5, 5.41) is 18.5.